The van der Waals surface area contributed by atoms with Crippen LogP contribution >= 0.6 is 0 Å². The van der Waals surface area contributed by atoms with Crippen LogP contribution in [0.25, 0.3) is 10.9 Å². The minimum absolute atomic E-state index is 0.105. The van der Waals surface area contributed by atoms with E-state index in [4.69, 9.17) is 15.6 Å². The Morgan fingerprint density at radius 2 is 1.97 bits per heavy atom. The fourth-order valence-corrected chi connectivity index (χ4v) is 3.48. The Balaban J connectivity index is 0.000000913. The number of hydrogen-bond acceptors (Lipinski definition) is 8. The molecule has 1 fully saturated rings. The summed E-state index contributed by atoms with van der Waals surface area (Å²) >= 11 is 0. The van der Waals surface area contributed by atoms with E-state index in [1.807, 2.05) is 0 Å². The number of halogens is 2. The summed E-state index contributed by atoms with van der Waals surface area (Å²) in [6.07, 6.45) is 6.86. The van der Waals surface area contributed by atoms with E-state index < -0.39 is 12.5 Å². The fraction of sp³-hybridized carbons (Fsp3) is 0.368. The summed E-state index contributed by atoms with van der Waals surface area (Å²) < 4.78 is 26.8. The van der Waals surface area contributed by atoms with Crippen molar-refractivity contribution in [3.63, 3.8) is 0 Å². The molecule has 0 radical (unpaired) electrons. The first-order chi connectivity index (χ1) is 15.4. The van der Waals surface area contributed by atoms with Crippen molar-refractivity contribution in [3.8, 4) is 0 Å². The monoisotopic (exact) mass is 448 g/mol. The van der Waals surface area contributed by atoms with Gasteiger partial charge in [-0.25, -0.2) is 4.68 Å². The Bertz CT molecular complexity index is 1090. The molecule has 5 N–H and O–H groups in total. The van der Waals surface area contributed by atoms with Gasteiger partial charge in [0.15, 0.2) is 11.5 Å². The Labute approximate surface area is 181 Å². The number of fused-ring (bicyclic) bond motifs is 1. The van der Waals surface area contributed by atoms with Gasteiger partial charge in [-0.2, -0.15) is 18.9 Å². The molecule has 32 heavy (non-hydrogen) atoms. The highest BCUT2D eigenvalue weighted by Gasteiger charge is 2.19. The van der Waals surface area contributed by atoms with Crippen LogP contribution < -0.4 is 16.4 Å². The topological polar surface area (TPSA) is 161 Å². The molecule has 13 heteroatoms. The van der Waals surface area contributed by atoms with Gasteiger partial charge in [0.25, 0.3) is 12.4 Å². The highest BCUT2D eigenvalue weighted by Crippen LogP contribution is 2.26. The molecule has 1 aliphatic carbocycles. The van der Waals surface area contributed by atoms with Crippen LogP contribution in [0.2, 0.25) is 0 Å². The number of nitrogens with one attached hydrogen (secondary N) is 2. The molecule has 1 aliphatic rings. The van der Waals surface area contributed by atoms with Crippen molar-refractivity contribution in [3.05, 3.63) is 30.1 Å². The number of benzene rings is 1. The van der Waals surface area contributed by atoms with Crippen LogP contribution in [0.5, 0.6) is 0 Å². The number of carboxylic acid groups (broad SMARTS) is 1. The normalized spacial score (nSPS) is 14.0. The molecule has 1 aromatic carbocycles. The number of rotatable bonds is 6. The van der Waals surface area contributed by atoms with E-state index in [1.54, 1.807) is 12.1 Å². The maximum atomic E-state index is 13.1. The van der Waals surface area contributed by atoms with E-state index in [2.05, 4.69) is 30.9 Å². The molecule has 11 nitrogen and oxygen atoms in total. The number of nitrogens with two attached hydrogens (primary N) is 1. The molecule has 0 saturated heterocycles. The lowest BCUT2D eigenvalue weighted by Crippen LogP contribution is -2.25. The van der Waals surface area contributed by atoms with Crippen molar-refractivity contribution < 1.29 is 23.5 Å². The minimum Gasteiger partial charge on any atom is -0.483 e. The molecule has 0 unspecified atom stereocenters. The molecule has 3 aromatic rings. The van der Waals surface area contributed by atoms with Gasteiger partial charge in [0.1, 0.15) is 0 Å². The average molecular weight is 448 g/mol. The number of nitrogens with zero attached hydrogens (tertiary/aromatic N) is 5. The number of amides is 1. The van der Waals surface area contributed by atoms with Crippen LogP contribution in [0.15, 0.2) is 24.4 Å². The number of anilines is 3. The van der Waals surface area contributed by atoms with Gasteiger partial charge in [-0.3, -0.25) is 9.59 Å². The van der Waals surface area contributed by atoms with Crippen molar-refractivity contribution in [2.75, 3.05) is 10.6 Å². The van der Waals surface area contributed by atoms with Gasteiger partial charge >= 0.3 is 6.55 Å². The maximum Gasteiger partial charge on any atom is 0.333 e. The second kappa shape index (κ2) is 10.4. The molecular weight excluding hydrogens is 426 g/mol. The van der Waals surface area contributed by atoms with E-state index in [-0.39, 0.29) is 35.5 Å². The number of aromatic nitrogens is 5. The van der Waals surface area contributed by atoms with Crippen molar-refractivity contribution in [2.24, 2.45) is 5.73 Å². The van der Waals surface area contributed by atoms with Gasteiger partial charge in [-0.05, 0) is 31.0 Å². The lowest BCUT2D eigenvalue weighted by molar-refractivity contribution is -0.122. The summed E-state index contributed by atoms with van der Waals surface area (Å²) in [5, 5.41) is 25.1. The Kier molecular flexibility index (Phi) is 7.41. The second-order valence-corrected chi connectivity index (χ2v) is 7.05. The van der Waals surface area contributed by atoms with Crippen LogP contribution in [-0.2, 0) is 4.79 Å². The van der Waals surface area contributed by atoms with Gasteiger partial charge in [-0.15, -0.1) is 10.2 Å². The van der Waals surface area contributed by atoms with Crippen LogP contribution in [0, 0.1) is 0 Å². The molecule has 1 saturated carbocycles. The average Bonchev–Trinajstić information content (AvgIpc) is 3.19. The van der Waals surface area contributed by atoms with Crippen molar-refractivity contribution >= 4 is 40.7 Å². The van der Waals surface area contributed by atoms with Crippen LogP contribution in [0.1, 0.15) is 49.1 Å². The Morgan fingerprint density at radius 3 is 2.62 bits per heavy atom. The zero-order valence-electron chi connectivity index (χ0n) is 16.9. The maximum absolute atomic E-state index is 13.1. The number of primary amides is 1. The smallest absolute Gasteiger partial charge is 0.333 e. The predicted octanol–water partition coefficient (Wildman–Crippen LogP) is 2.90. The number of carbonyl (C=O) groups excluding carboxylic acids is 1. The molecule has 4 rings (SSSR count). The molecule has 170 valence electrons. The number of alkyl halides is 2. The van der Waals surface area contributed by atoms with E-state index in [9.17, 15) is 13.6 Å². The molecule has 1 amide bonds. The first-order valence-electron chi connectivity index (χ1n) is 9.84. The van der Waals surface area contributed by atoms with Gasteiger partial charge in [0.05, 0.1) is 11.7 Å². The van der Waals surface area contributed by atoms with E-state index >= 15 is 0 Å². The minimum atomic E-state index is -2.77. The second-order valence-electron chi connectivity index (χ2n) is 7.05. The first kappa shape index (κ1) is 22.8. The van der Waals surface area contributed by atoms with Crippen LogP contribution in [-0.4, -0.2) is 48.5 Å². The van der Waals surface area contributed by atoms with E-state index in [0.717, 1.165) is 25.7 Å². The van der Waals surface area contributed by atoms with Gasteiger partial charge in [-0.1, -0.05) is 19.3 Å². The quantitative estimate of drug-likeness (QED) is 0.416. The number of carbonyl (C=O) groups is 2. The van der Waals surface area contributed by atoms with Crippen LogP contribution in [0.3, 0.4) is 0 Å². The summed E-state index contributed by atoms with van der Waals surface area (Å²) in [5.41, 5.74) is 5.93. The lowest BCUT2D eigenvalue weighted by atomic mass is 9.96. The Morgan fingerprint density at radius 1 is 1.25 bits per heavy atom. The van der Waals surface area contributed by atoms with E-state index in [0.29, 0.717) is 15.8 Å². The summed E-state index contributed by atoms with van der Waals surface area (Å²) in [7, 11) is 0. The molecule has 0 spiro atoms. The zero-order valence-corrected chi connectivity index (χ0v) is 16.9. The largest absolute Gasteiger partial charge is 0.483 e. The highest BCUT2D eigenvalue weighted by molar-refractivity contribution is 5.96. The molecule has 0 atom stereocenters. The SMILES string of the molecule is NC(=O)c1nnc(NC2CCCCC2)nc1Nc1ccc2cnn(C(F)F)c2c1.O=CO. The highest BCUT2D eigenvalue weighted by atomic mass is 19.3. The summed E-state index contributed by atoms with van der Waals surface area (Å²) in [5.74, 6) is -0.410. The standard InChI is InChI=1S/C18H20F2N8O.CH2O2/c19-17(20)28-13-8-12(7-6-10(13)9-22-28)23-16-14(15(21)29)26-27-18(25-16)24-11-4-2-1-3-5-11;2-1-3/h6-9,11,17H,1-5H2,(H2,21,29)(H2,23,24,25,27);1H,(H,2,3). The Hall–Kier alpha value is -3.90. The predicted molar refractivity (Wildman–Crippen MR) is 112 cm³/mol. The summed E-state index contributed by atoms with van der Waals surface area (Å²) in [6.45, 7) is -3.02. The number of hydrogen-bond donors (Lipinski definition) is 4. The molecule has 0 bridgehead atoms. The lowest BCUT2D eigenvalue weighted by Gasteiger charge is -2.22. The van der Waals surface area contributed by atoms with Crippen molar-refractivity contribution in [1.29, 1.82) is 0 Å². The third-order valence-corrected chi connectivity index (χ3v) is 4.90. The third kappa shape index (κ3) is 5.42. The van der Waals surface area contributed by atoms with Gasteiger partial charge in [0, 0.05) is 17.1 Å². The van der Waals surface area contributed by atoms with Crippen molar-refractivity contribution in [1.82, 2.24) is 25.0 Å². The van der Waals surface area contributed by atoms with E-state index in [1.165, 1.54) is 18.7 Å². The molecule has 2 heterocycles. The zero-order chi connectivity index (χ0) is 23.1. The van der Waals surface area contributed by atoms with Crippen LogP contribution in [0.4, 0.5) is 26.2 Å². The molecule has 2 aromatic heterocycles. The summed E-state index contributed by atoms with van der Waals surface area (Å²) in [6, 6.07) is 5.05. The van der Waals surface area contributed by atoms with Crippen molar-refractivity contribution in [2.45, 2.75) is 44.7 Å². The third-order valence-electron chi connectivity index (χ3n) is 4.90. The fourth-order valence-electron chi connectivity index (χ4n) is 3.48. The summed E-state index contributed by atoms with van der Waals surface area (Å²) in [4.78, 5) is 24.4. The first-order valence-corrected chi connectivity index (χ1v) is 9.84. The molecular formula is C19H22F2N8O3. The van der Waals surface area contributed by atoms with Gasteiger partial charge < -0.3 is 21.5 Å². The molecule has 0 aliphatic heterocycles. The van der Waals surface area contributed by atoms with Gasteiger partial charge in [0.2, 0.25) is 5.95 Å².